The van der Waals surface area contributed by atoms with Crippen LogP contribution in [0.1, 0.15) is 33.6 Å². The number of urea groups is 1. The first kappa shape index (κ1) is 17.1. The van der Waals surface area contributed by atoms with E-state index in [2.05, 4.69) is 43.1 Å². The van der Waals surface area contributed by atoms with Crippen LogP contribution in [-0.2, 0) is 4.74 Å². The van der Waals surface area contributed by atoms with E-state index in [0.717, 1.165) is 38.3 Å². The van der Waals surface area contributed by atoms with E-state index in [1.807, 2.05) is 17.0 Å². The molecule has 132 valence electrons. The Balaban J connectivity index is 1.59. The average molecular weight is 331 g/mol. The van der Waals surface area contributed by atoms with Gasteiger partial charge < -0.3 is 19.9 Å². The number of benzene rings is 1. The van der Waals surface area contributed by atoms with Crippen LogP contribution in [0.3, 0.4) is 0 Å². The van der Waals surface area contributed by atoms with E-state index in [4.69, 9.17) is 4.74 Å². The van der Waals surface area contributed by atoms with Gasteiger partial charge in [-0.25, -0.2) is 4.79 Å². The van der Waals surface area contributed by atoms with Gasteiger partial charge in [0, 0.05) is 37.6 Å². The number of amides is 2. The van der Waals surface area contributed by atoms with Gasteiger partial charge in [0.2, 0.25) is 0 Å². The number of anilines is 2. The molecule has 5 heteroatoms. The molecule has 0 saturated carbocycles. The van der Waals surface area contributed by atoms with Gasteiger partial charge in [0.1, 0.15) is 0 Å². The standard InChI is InChI=1S/C19H29N3O2/c1-14-5-4-10-21(11-14)19(23)20-17-6-8-18(9-7-17)22-12-15(2)24-16(3)13-22/h6-9,14-16H,4-5,10-13H2,1-3H3,(H,20,23)/t14-,15+,16+/m1/s1. The Morgan fingerprint density at radius 2 is 1.75 bits per heavy atom. The monoisotopic (exact) mass is 331 g/mol. The fourth-order valence-corrected chi connectivity index (χ4v) is 3.72. The Labute approximate surface area is 145 Å². The number of carbonyl (C=O) groups is 1. The molecule has 5 nitrogen and oxygen atoms in total. The number of ether oxygens (including phenoxy) is 1. The van der Waals surface area contributed by atoms with E-state index in [0.29, 0.717) is 5.92 Å². The summed E-state index contributed by atoms with van der Waals surface area (Å²) < 4.78 is 5.79. The minimum Gasteiger partial charge on any atom is -0.372 e. The summed E-state index contributed by atoms with van der Waals surface area (Å²) >= 11 is 0. The highest BCUT2D eigenvalue weighted by atomic mass is 16.5. The van der Waals surface area contributed by atoms with E-state index in [-0.39, 0.29) is 18.2 Å². The Morgan fingerprint density at radius 3 is 2.38 bits per heavy atom. The molecule has 0 unspecified atom stereocenters. The quantitative estimate of drug-likeness (QED) is 0.901. The summed E-state index contributed by atoms with van der Waals surface area (Å²) in [5.74, 6) is 0.595. The van der Waals surface area contributed by atoms with Crippen molar-refractivity contribution < 1.29 is 9.53 Å². The Kier molecular flexibility index (Phi) is 5.29. The first-order chi connectivity index (χ1) is 11.5. The molecular weight excluding hydrogens is 302 g/mol. The van der Waals surface area contributed by atoms with Crippen molar-refractivity contribution in [3.05, 3.63) is 24.3 Å². The summed E-state index contributed by atoms with van der Waals surface area (Å²) in [6.45, 7) is 9.95. The topological polar surface area (TPSA) is 44.8 Å². The van der Waals surface area contributed by atoms with E-state index >= 15 is 0 Å². The van der Waals surface area contributed by atoms with Crippen molar-refractivity contribution in [2.45, 2.75) is 45.8 Å². The molecule has 1 N–H and O–H groups in total. The molecule has 0 spiro atoms. The lowest BCUT2D eigenvalue weighted by molar-refractivity contribution is -0.00521. The molecule has 0 aromatic heterocycles. The van der Waals surface area contributed by atoms with E-state index < -0.39 is 0 Å². The second-order valence-corrected chi connectivity index (χ2v) is 7.33. The highest BCUT2D eigenvalue weighted by Crippen LogP contribution is 2.23. The van der Waals surface area contributed by atoms with Gasteiger partial charge in [0.25, 0.3) is 0 Å². The van der Waals surface area contributed by atoms with E-state index in [9.17, 15) is 4.79 Å². The summed E-state index contributed by atoms with van der Waals surface area (Å²) in [4.78, 5) is 16.6. The van der Waals surface area contributed by atoms with Gasteiger partial charge in [-0.2, -0.15) is 0 Å². The summed E-state index contributed by atoms with van der Waals surface area (Å²) in [7, 11) is 0. The zero-order valence-corrected chi connectivity index (χ0v) is 15.0. The Bertz CT molecular complexity index is 550. The van der Waals surface area contributed by atoms with Crippen molar-refractivity contribution in [3.63, 3.8) is 0 Å². The maximum atomic E-state index is 12.4. The summed E-state index contributed by atoms with van der Waals surface area (Å²) in [6.07, 6.45) is 2.80. The maximum absolute atomic E-state index is 12.4. The first-order valence-electron chi connectivity index (χ1n) is 9.07. The lowest BCUT2D eigenvalue weighted by Crippen LogP contribution is -2.45. The van der Waals surface area contributed by atoms with Crippen LogP contribution in [0.25, 0.3) is 0 Å². The Hall–Kier alpha value is -1.75. The number of hydrogen-bond acceptors (Lipinski definition) is 3. The molecular formula is C19H29N3O2. The third-order valence-corrected chi connectivity index (χ3v) is 4.85. The van der Waals surface area contributed by atoms with Crippen LogP contribution in [0, 0.1) is 5.92 Å². The summed E-state index contributed by atoms with van der Waals surface area (Å²) in [6, 6.07) is 8.16. The van der Waals surface area contributed by atoms with Gasteiger partial charge in [0.15, 0.2) is 0 Å². The molecule has 2 aliphatic rings. The molecule has 2 heterocycles. The largest absolute Gasteiger partial charge is 0.372 e. The Morgan fingerprint density at radius 1 is 1.08 bits per heavy atom. The fourth-order valence-electron chi connectivity index (χ4n) is 3.72. The first-order valence-corrected chi connectivity index (χ1v) is 9.07. The van der Waals surface area contributed by atoms with Crippen LogP contribution in [0.4, 0.5) is 16.2 Å². The molecule has 24 heavy (non-hydrogen) atoms. The number of likely N-dealkylation sites (tertiary alicyclic amines) is 1. The van der Waals surface area contributed by atoms with Crippen LogP contribution in [0.5, 0.6) is 0 Å². The third-order valence-electron chi connectivity index (χ3n) is 4.85. The fraction of sp³-hybridized carbons (Fsp3) is 0.632. The number of nitrogens with one attached hydrogen (secondary N) is 1. The summed E-state index contributed by atoms with van der Waals surface area (Å²) in [5.41, 5.74) is 2.04. The zero-order valence-electron chi connectivity index (χ0n) is 15.0. The van der Waals surface area contributed by atoms with Crippen molar-refractivity contribution >= 4 is 17.4 Å². The van der Waals surface area contributed by atoms with Gasteiger partial charge in [-0.1, -0.05) is 6.92 Å². The normalized spacial score (nSPS) is 27.9. The number of piperidine rings is 1. The van der Waals surface area contributed by atoms with E-state index in [1.54, 1.807) is 0 Å². The minimum absolute atomic E-state index is 0.0166. The number of hydrogen-bond donors (Lipinski definition) is 1. The van der Waals surface area contributed by atoms with Gasteiger partial charge in [-0.15, -0.1) is 0 Å². The van der Waals surface area contributed by atoms with Crippen LogP contribution in [0.15, 0.2) is 24.3 Å². The van der Waals surface area contributed by atoms with Crippen molar-refractivity contribution in [2.24, 2.45) is 5.92 Å². The number of morpholine rings is 1. The number of nitrogens with zero attached hydrogens (tertiary/aromatic N) is 2. The van der Waals surface area contributed by atoms with Crippen LogP contribution in [0.2, 0.25) is 0 Å². The molecule has 3 atom stereocenters. The molecule has 0 aliphatic carbocycles. The predicted molar refractivity (Wildman–Crippen MR) is 97.7 cm³/mol. The highest BCUT2D eigenvalue weighted by Gasteiger charge is 2.23. The van der Waals surface area contributed by atoms with Gasteiger partial charge >= 0.3 is 6.03 Å². The summed E-state index contributed by atoms with van der Waals surface area (Å²) in [5, 5.41) is 3.02. The lowest BCUT2D eigenvalue weighted by Gasteiger charge is -2.37. The molecule has 2 saturated heterocycles. The SMILES string of the molecule is C[C@@H]1CCCN(C(=O)Nc2ccc(N3C[C@H](C)O[C@@H](C)C3)cc2)C1. The molecule has 0 bridgehead atoms. The van der Waals surface area contributed by atoms with Crippen molar-refractivity contribution in [1.29, 1.82) is 0 Å². The van der Waals surface area contributed by atoms with Crippen LogP contribution >= 0.6 is 0 Å². The van der Waals surface area contributed by atoms with Crippen LogP contribution in [-0.4, -0.2) is 49.3 Å². The van der Waals surface area contributed by atoms with Crippen molar-refractivity contribution in [3.8, 4) is 0 Å². The lowest BCUT2D eigenvalue weighted by atomic mass is 10.0. The molecule has 1 aromatic carbocycles. The average Bonchev–Trinajstić information content (AvgIpc) is 2.54. The number of carbonyl (C=O) groups excluding carboxylic acids is 1. The number of rotatable bonds is 2. The molecule has 3 rings (SSSR count). The molecule has 2 aliphatic heterocycles. The second kappa shape index (κ2) is 7.43. The van der Waals surface area contributed by atoms with Gasteiger partial charge in [-0.3, -0.25) is 0 Å². The molecule has 0 radical (unpaired) electrons. The molecule has 2 fully saturated rings. The predicted octanol–water partition coefficient (Wildman–Crippen LogP) is 3.56. The smallest absolute Gasteiger partial charge is 0.321 e. The van der Waals surface area contributed by atoms with Gasteiger partial charge in [0.05, 0.1) is 12.2 Å². The van der Waals surface area contributed by atoms with Gasteiger partial charge in [-0.05, 0) is 56.9 Å². The highest BCUT2D eigenvalue weighted by molar-refractivity contribution is 5.89. The minimum atomic E-state index is 0.0166. The van der Waals surface area contributed by atoms with E-state index in [1.165, 1.54) is 12.1 Å². The molecule has 1 aromatic rings. The second-order valence-electron chi connectivity index (χ2n) is 7.33. The zero-order chi connectivity index (χ0) is 17.1. The third kappa shape index (κ3) is 4.20. The van der Waals surface area contributed by atoms with Crippen molar-refractivity contribution in [1.82, 2.24) is 4.90 Å². The molecule has 2 amide bonds. The maximum Gasteiger partial charge on any atom is 0.321 e. The van der Waals surface area contributed by atoms with Crippen LogP contribution < -0.4 is 10.2 Å². The van der Waals surface area contributed by atoms with Crippen molar-refractivity contribution in [2.75, 3.05) is 36.4 Å².